The van der Waals surface area contributed by atoms with Crippen LogP contribution in [0.15, 0.2) is 42.5 Å². The van der Waals surface area contributed by atoms with E-state index in [1.165, 1.54) is 12.0 Å². The average molecular weight is 396 g/mol. The first kappa shape index (κ1) is 20.4. The summed E-state index contributed by atoms with van der Waals surface area (Å²) in [6.45, 7) is 3.67. The third-order valence-corrected chi connectivity index (χ3v) is 4.69. The molecular formula is C22H24N2O5. The quantitative estimate of drug-likeness (QED) is 0.759. The minimum absolute atomic E-state index is 0.0373. The van der Waals surface area contributed by atoms with E-state index < -0.39 is 24.4 Å². The number of aryl methyl sites for hydroxylation is 2. The molecule has 3 rings (SSSR count). The summed E-state index contributed by atoms with van der Waals surface area (Å²) >= 11 is 0. The molecule has 2 aromatic carbocycles. The summed E-state index contributed by atoms with van der Waals surface area (Å²) in [5.41, 5.74) is 3.32. The third-order valence-electron chi connectivity index (χ3n) is 4.69. The van der Waals surface area contributed by atoms with E-state index in [9.17, 15) is 14.4 Å². The highest BCUT2D eigenvalue weighted by molar-refractivity contribution is 6.01. The van der Waals surface area contributed by atoms with Crippen molar-refractivity contribution in [2.75, 3.05) is 30.5 Å². The molecule has 0 bridgehead atoms. The predicted octanol–water partition coefficient (Wildman–Crippen LogP) is 2.85. The normalized spacial score (nSPS) is 15.9. The fraction of sp³-hybridized carbons (Fsp3) is 0.318. The van der Waals surface area contributed by atoms with Gasteiger partial charge in [0.05, 0.1) is 18.7 Å². The fourth-order valence-electron chi connectivity index (χ4n) is 3.45. The van der Waals surface area contributed by atoms with Crippen molar-refractivity contribution in [1.82, 2.24) is 0 Å². The maximum atomic E-state index is 12.4. The number of amides is 2. The Morgan fingerprint density at radius 2 is 1.83 bits per heavy atom. The van der Waals surface area contributed by atoms with Crippen molar-refractivity contribution in [1.29, 1.82) is 0 Å². The highest BCUT2D eigenvalue weighted by atomic mass is 16.5. The largest absolute Gasteiger partial charge is 0.495 e. The van der Waals surface area contributed by atoms with Crippen LogP contribution < -0.4 is 15.0 Å². The maximum absolute atomic E-state index is 12.4. The number of benzene rings is 2. The van der Waals surface area contributed by atoms with Gasteiger partial charge in [-0.2, -0.15) is 0 Å². The van der Waals surface area contributed by atoms with Crippen LogP contribution in [-0.4, -0.2) is 38.0 Å². The number of para-hydroxylation sites is 2. The van der Waals surface area contributed by atoms with Crippen LogP contribution in [0, 0.1) is 19.8 Å². The highest BCUT2D eigenvalue weighted by Crippen LogP contribution is 2.33. The minimum Gasteiger partial charge on any atom is -0.495 e. The van der Waals surface area contributed by atoms with Gasteiger partial charge in [-0.15, -0.1) is 0 Å². The zero-order valence-corrected chi connectivity index (χ0v) is 16.7. The number of esters is 1. The monoisotopic (exact) mass is 396 g/mol. The molecule has 1 saturated heterocycles. The van der Waals surface area contributed by atoms with E-state index in [0.29, 0.717) is 17.1 Å². The number of anilines is 2. The number of hydrogen-bond acceptors (Lipinski definition) is 5. The summed E-state index contributed by atoms with van der Waals surface area (Å²) in [6, 6.07) is 12.8. The van der Waals surface area contributed by atoms with Crippen LogP contribution in [0.3, 0.4) is 0 Å². The zero-order valence-electron chi connectivity index (χ0n) is 16.7. The highest BCUT2D eigenvalue weighted by Gasteiger charge is 2.37. The minimum atomic E-state index is -0.624. The van der Waals surface area contributed by atoms with E-state index in [1.807, 2.05) is 38.1 Å². The molecule has 7 nitrogen and oxygen atoms in total. The molecule has 0 unspecified atom stereocenters. The zero-order chi connectivity index (χ0) is 21.0. The first-order valence-corrected chi connectivity index (χ1v) is 9.35. The molecule has 0 spiro atoms. The number of ether oxygens (including phenoxy) is 2. The molecule has 1 fully saturated rings. The van der Waals surface area contributed by atoms with E-state index in [0.717, 1.165) is 11.1 Å². The molecule has 0 radical (unpaired) electrons. The van der Waals surface area contributed by atoms with Gasteiger partial charge in [0, 0.05) is 18.7 Å². The van der Waals surface area contributed by atoms with Gasteiger partial charge in [0.1, 0.15) is 5.75 Å². The lowest BCUT2D eigenvalue weighted by Gasteiger charge is -2.19. The fourth-order valence-corrected chi connectivity index (χ4v) is 3.45. The van der Waals surface area contributed by atoms with Crippen molar-refractivity contribution < 1.29 is 23.9 Å². The predicted molar refractivity (Wildman–Crippen MR) is 109 cm³/mol. The molecular weight excluding hydrogens is 372 g/mol. The van der Waals surface area contributed by atoms with E-state index >= 15 is 0 Å². The Morgan fingerprint density at radius 3 is 2.52 bits per heavy atom. The van der Waals surface area contributed by atoms with Gasteiger partial charge in [-0.1, -0.05) is 18.2 Å². The summed E-state index contributed by atoms with van der Waals surface area (Å²) in [5.74, 6) is -1.24. The molecule has 1 aliphatic heterocycles. The van der Waals surface area contributed by atoms with Gasteiger partial charge in [-0.25, -0.2) is 0 Å². The van der Waals surface area contributed by atoms with Crippen molar-refractivity contribution in [3.05, 3.63) is 53.6 Å². The molecule has 0 aliphatic carbocycles. The number of carbonyl (C=O) groups excluding carboxylic acids is 3. The lowest BCUT2D eigenvalue weighted by molar-refractivity contribution is -0.151. The topological polar surface area (TPSA) is 84.9 Å². The Balaban J connectivity index is 1.56. The Kier molecular flexibility index (Phi) is 6.16. The van der Waals surface area contributed by atoms with Crippen LogP contribution >= 0.6 is 0 Å². The lowest BCUT2D eigenvalue weighted by Crippen LogP contribution is -2.28. The number of rotatable bonds is 6. The van der Waals surface area contributed by atoms with Gasteiger partial charge in [0.25, 0.3) is 5.91 Å². The van der Waals surface area contributed by atoms with E-state index in [2.05, 4.69) is 5.32 Å². The second-order valence-electron chi connectivity index (χ2n) is 7.11. The maximum Gasteiger partial charge on any atom is 0.311 e. The molecule has 0 saturated carbocycles. The third kappa shape index (κ3) is 4.93. The summed E-state index contributed by atoms with van der Waals surface area (Å²) in [5, 5.41) is 2.72. The summed E-state index contributed by atoms with van der Waals surface area (Å²) in [7, 11) is 1.53. The Labute approximate surface area is 169 Å². The molecule has 29 heavy (non-hydrogen) atoms. The molecule has 1 aliphatic rings. The number of methoxy groups -OCH3 is 1. The van der Waals surface area contributed by atoms with Crippen LogP contribution in [0.2, 0.25) is 0 Å². The van der Waals surface area contributed by atoms with Gasteiger partial charge in [0.15, 0.2) is 6.61 Å². The van der Waals surface area contributed by atoms with Crippen LogP contribution in [0.1, 0.15) is 17.5 Å². The van der Waals surface area contributed by atoms with Crippen LogP contribution in [0.4, 0.5) is 11.4 Å². The molecule has 2 amide bonds. The van der Waals surface area contributed by atoms with Gasteiger partial charge in [-0.05, 0) is 49.2 Å². The van der Waals surface area contributed by atoms with Crippen LogP contribution in [0.25, 0.3) is 0 Å². The van der Waals surface area contributed by atoms with E-state index in [1.54, 1.807) is 18.2 Å². The van der Waals surface area contributed by atoms with Crippen molar-refractivity contribution in [3.63, 3.8) is 0 Å². The van der Waals surface area contributed by atoms with Crippen molar-refractivity contribution in [3.8, 4) is 5.75 Å². The second-order valence-corrected chi connectivity index (χ2v) is 7.11. The molecule has 0 aromatic heterocycles. The number of nitrogens with zero attached hydrogens (tertiary/aromatic N) is 1. The molecule has 1 atom stereocenters. The van der Waals surface area contributed by atoms with Gasteiger partial charge in [-0.3, -0.25) is 14.4 Å². The van der Waals surface area contributed by atoms with Crippen molar-refractivity contribution in [2.24, 2.45) is 5.92 Å². The van der Waals surface area contributed by atoms with Crippen LogP contribution in [-0.2, 0) is 19.1 Å². The standard InChI is InChI=1S/C22H24N2O5/c1-14-8-15(2)10-17(9-14)23-20(25)13-29-22(27)16-11-21(26)24(12-16)18-6-4-5-7-19(18)28-3/h4-10,16H,11-13H2,1-3H3,(H,23,25)/t16-/m1/s1. The molecule has 1 N–H and O–H groups in total. The first-order chi connectivity index (χ1) is 13.9. The molecule has 152 valence electrons. The summed E-state index contributed by atoms with van der Waals surface area (Å²) in [6.07, 6.45) is 0.0373. The lowest BCUT2D eigenvalue weighted by atomic mass is 10.1. The van der Waals surface area contributed by atoms with Gasteiger partial charge in [0.2, 0.25) is 5.91 Å². The number of nitrogens with one attached hydrogen (secondary N) is 1. The number of carbonyl (C=O) groups is 3. The van der Waals surface area contributed by atoms with Gasteiger partial charge >= 0.3 is 5.97 Å². The van der Waals surface area contributed by atoms with Crippen molar-refractivity contribution in [2.45, 2.75) is 20.3 Å². The van der Waals surface area contributed by atoms with E-state index in [-0.39, 0.29) is 18.9 Å². The van der Waals surface area contributed by atoms with Gasteiger partial charge < -0.3 is 19.7 Å². The first-order valence-electron chi connectivity index (χ1n) is 9.35. The van der Waals surface area contributed by atoms with Crippen LogP contribution in [0.5, 0.6) is 5.75 Å². The smallest absolute Gasteiger partial charge is 0.311 e. The Hall–Kier alpha value is -3.35. The molecule has 1 heterocycles. The van der Waals surface area contributed by atoms with E-state index in [4.69, 9.17) is 9.47 Å². The summed E-state index contributed by atoms with van der Waals surface area (Å²) < 4.78 is 10.4. The summed E-state index contributed by atoms with van der Waals surface area (Å²) in [4.78, 5) is 38.4. The van der Waals surface area contributed by atoms with Crippen molar-refractivity contribution >= 4 is 29.2 Å². The molecule has 2 aromatic rings. The average Bonchev–Trinajstić information content (AvgIpc) is 3.06. The Bertz CT molecular complexity index is 920. The number of hydrogen-bond donors (Lipinski definition) is 1. The SMILES string of the molecule is COc1ccccc1N1C[C@H](C(=O)OCC(=O)Nc2cc(C)cc(C)c2)CC1=O. The second kappa shape index (κ2) is 8.77. The molecule has 7 heteroatoms. The Morgan fingerprint density at radius 1 is 1.14 bits per heavy atom.